The minimum absolute atomic E-state index is 0.0677. The van der Waals surface area contributed by atoms with Crippen molar-refractivity contribution >= 4 is 17.7 Å². The van der Waals surface area contributed by atoms with Crippen molar-refractivity contribution in [2.75, 3.05) is 12.4 Å². The first-order valence-corrected chi connectivity index (χ1v) is 12.0. The molecule has 12 heteroatoms. The van der Waals surface area contributed by atoms with Crippen LogP contribution in [0.5, 0.6) is 5.75 Å². The number of amides is 1. The van der Waals surface area contributed by atoms with E-state index in [-0.39, 0.29) is 30.4 Å². The molecule has 0 aliphatic rings. The molecule has 2 aromatic carbocycles. The molecule has 2 heterocycles. The largest absolute Gasteiger partial charge is 0.494 e. The van der Waals surface area contributed by atoms with E-state index in [4.69, 9.17) is 4.74 Å². The van der Waals surface area contributed by atoms with Gasteiger partial charge in [0.2, 0.25) is 5.91 Å². The lowest BCUT2D eigenvalue weighted by Crippen LogP contribution is -2.24. The Kier molecular flexibility index (Phi) is 7.95. The molecule has 4 rings (SSSR count). The zero-order valence-corrected chi connectivity index (χ0v) is 20.1. The first-order chi connectivity index (χ1) is 17.4. The zero-order valence-electron chi connectivity index (χ0n) is 19.3. The van der Waals surface area contributed by atoms with Crippen LogP contribution in [0.2, 0.25) is 0 Å². The quantitative estimate of drug-likeness (QED) is 0.278. The number of aromatic nitrogens is 5. The number of aromatic amines is 2. The second kappa shape index (κ2) is 11.5. The lowest BCUT2D eigenvalue weighted by Gasteiger charge is -2.11. The molecular weight excluding hydrogens is 487 g/mol. The van der Waals surface area contributed by atoms with Crippen LogP contribution >= 0.6 is 11.8 Å². The lowest BCUT2D eigenvalue weighted by molar-refractivity contribution is -0.118. The van der Waals surface area contributed by atoms with Crippen molar-refractivity contribution < 1.29 is 13.9 Å². The third kappa shape index (κ3) is 6.48. The number of nitrogens with zero attached hydrogens (tertiary/aromatic N) is 3. The molecule has 0 radical (unpaired) electrons. The van der Waals surface area contributed by atoms with E-state index < -0.39 is 11.2 Å². The number of carbonyl (C=O) groups is 1. The summed E-state index contributed by atoms with van der Waals surface area (Å²) >= 11 is 1.19. The van der Waals surface area contributed by atoms with E-state index >= 15 is 0 Å². The maximum atomic E-state index is 13.1. The highest BCUT2D eigenvalue weighted by Crippen LogP contribution is 2.24. The summed E-state index contributed by atoms with van der Waals surface area (Å²) in [5.41, 5.74) is 0.739. The van der Waals surface area contributed by atoms with Gasteiger partial charge in [0.05, 0.1) is 12.4 Å². The minimum atomic E-state index is -0.614. The smallest absolute Gasteiger partial charge is 0.325 e. The van der Waals surface area contributed by atoms with Crippen molar-refractivity contribution in [2.45, 2.75) is 25.0 Å². The van der Waals surface area contributed by atoms with Crippen molar-refractivity contribution in [1.29, 1.82) is 0 Å². The molecule has 1 amide bonds. The number of hydrogen-bond donors (Lipinski definition) is 3. The summed E-state index contributed by atoms with van der Waals surface area (Å²) < 4.78 is 20.3. The normalized spacial score (nSPS) is 10.8. The molecule has 0 fully saturated rings. The summed E-state index contributed by atoms with van der Waals surface area (Å²) in [6.07, 6.45) is 0.136. The van der Waals surface area contributed by atoms with E-state index in [2.05, 4.69) is 25.5 Å². The van der Waals surface area contributed by atoms with Gasteiger partial charge in [-0.1, -0.05) is 23.9 Å². The van der Waals surface area contributed by atoms with Crippen LogP contribution in [0.15, 0.2) is 69.3 Å². The van der Waals surface area contributed by atoms with Crippen molar-refractivity contribution in [1.82, 2.24) is 30.0 Å². The molecule has 0 spiro atoms. The first kappa shape index (κ1) is 24.9. The fourth-order valence-electron chi connectivity index (χ4n) is 3.39. The Labute approximate surface area is 208 Å². The SMILES string of the molecule is CCOc1ccc(-n2c(Cc3cc(=O)[nH]c(=O)[nH]3)nnc2SCC(=O)NCc2ccc(F)cc2)cc1. The van der Waals surface area contributed by atoms with E-state index in [9.17, 15) is 18.8 Å². The molecule has 36 heavy (non-hydrogen) atoms. The number of nitrogens with one attached hydrogen (secondary N) is 3. The third-order valence-corrected chi connectivity index (χ3v) is 5.94. The van der Waals surface area contributed by atoms with Crippen LogP contribution in [0.4, 0.5) is 4.39 Å². The zero-order chi connectivity index (χ0) is 25.5. The van der Waals surface area contributed by atoms with Crippen LogP contribution in [0.3, 0.4) is 0 Å². The molecule has 0 atom stereocenters. The molecule has 0 bridgehead atoms. The summed E-state index contributed by atoms with van der Waals surface area (Å²) in [6, 6.07) is 14.5. The van der Waals surface area contributed by atoms with E-state index in [1.54, 1.807) is 16.7 Å². The molecule has 0 aliphatic heterocycles. The summed E-state index contributed by atoms with van der Waals surface area (Å²) in [4.78, 5) is 40.6. The molecule has 3 N–H and O–H groups in total. The number of H-pyrrole nitrogens is 2. The Morgan fingerprint density at radius 3 is 2.53 bits per heavy atom. The minimum Gasteiger partial charge on any atom is -0.494 e. The second-order valence-corrected chi connectivity index (χ2v) is 8.59. The van der Waals surface area contributed by atoms with Gasteiger partial charge in [0.1, 0.15) is 17.4 Å². The summed E-state index contributed by atoms with van der Waals surface area (Å²) in [5, 5.41) is 11.7. The fourth-order valence-corrected chi connectivity index (χ4v) is 4.20. The van der Waals surface area contributed by atoms with Gasteiger partial charge in [-0.25, -0.2) is 9.18 Å². The summed E-state index contributed by atoms with van der Waals surface area (Å²) in [5.74, 6) is 0.664. The van der Waals surface area contributed by atoms with Crippen LogP contribution in [0.25, 0.3) is 5.69 Å². The Hall–Kier alpha value is -4.19. The Morgan fingerprint density at radius 1 is 1.08 bits per heavy atom. The number of thioether (sulfide) groups is 1. The maximum absolute atomic E-state index is 13.1. The topological polar surface area (TPSA) is 135 Å². The molecule has 186 valence electrons. The summed E-state index contributed by atoms with van der Waals surface area (Å²) in [6.45, 7) is 2.69. The third-order valence-electron chi connectivity index (χ3n) is 5.01. The number of benzene rings is 2. The van der Waals surface area contributed by atoms with Gasteiger partial charge in [-0.15, -0.1) is 10.2 Å². The average Bonchev–Trinajstić information content (AvgIpc) is 3.24. The van der Waals surface area contributed by atoms with Gasteiger partial charge in [0.15, 0.2) is 5.16 Å². The van der Waals surface area contributed by atoms with E-state index in [1.807, 2.05) is 31.2 Å². The van der Waals surface area contributed by atoms with Gasteiger partial charge in [-0.05, 0) is 48.9 Å². The standard InChI is InChI=1S/C24H23FN6O4S/c1-2-35-19-9-7-18(8-10-19)31-20(11-17-12-21(32)28-23(34)27-17)29-30-24(31)36-14-22(33)26-13-15-3-5-16(25)6-4-15/h3-10,12H,2,11,13-14H2,1H3,(H,26,33)(H2,27,28,32,34). The molecule has 10 nitrogen and oxygen atoms in total. The Balaban J connectivity index is 1.53. The second-order valence-electron chi connectivity index (χ2n) is 7.64. The summed E-state index contributed by atoms with van der Waals surface area (Å²) in [7, 11) is 0. The maximum Gasteiger partial charge on any atom is 0.325 e. The number of ether oxygens (including phenoxy) is 1. The number of halogens is 1. The van der Waals surface area contributed by atoms with Crippen LogP contribution in [-0.4, -0.2) is 43.0 Å². The van der Waals surface area contributed by atoms with Gasteiger partial charge < -0.3 is 15.0 Å². The predicted octanol–water partition coefficient (Wildman–Crippen LogP) is 2.18. The highest BCUT2D eigenvalue weighted by atomic mass is 32.2. The Morgan fingerprint density at radius 2 is 1.83 bits per heavy atom. The molecule has 0 saturated heterocycles. The van der Waals surface area contributed by atoms with Gasteiger partial charge >= 0.3 is 5.69 Å². The fraction of sp³-hybridized carbons (Fsp3) is 0.208. The van der Waals surface area contributed by atoms with Crippen LogP contribution in [-0.2, 0) is 17.8 Å². The Bertz CT molecular complexity index is 1420. The van der Waals surface area contributed by atoms with E-state index in [1.165, 1.54) is 30.0 Å². The average molecular weight is 511 g/mol. The number of carbonyl (C=O) groups excluding carboxylic acids is 1. The molecule has 0 unspecified atom stereocenters. The highest BCUT2D eigenvalue weighted by Gasteiger charge is 2.17. The molecule has 0 saturated carbocycles. The molecule has 2 aromatic heterocycles. The van der Waals surface area contributed by atoms with Crippen molar-refractivity contribution in [3.63, 3.8) is 0 Å². The van der Waals surface area contributed by atoms with Gasteiger partial charge in [0.25, 0.3) is 5.56 Å². The molecule has 4 aromatic rings. The number of rotatable bonds is 10. The van der Waals surface area contributed by atoms with Crippen LogP contribution in [0, 0.1) is 5.82 Å². The van der Waals surface area contributed by atoms with Gasteiger partial charge in [-0.2, -0.15) is 0 Å². The van der Waals surface area contributed by atoms with E-state index in [0.29, 0.717) is 29.0 Å². The molecule has 0 aliphatic carbocycles. The van der Waals surface area contributed by atoms with Crippen molar-refractivity contribution in [3.05, 3.63) is 98.3 Å². The molecular formula is C24H23FN6O4S. The van der Waals surface area contributed by atoms with Crippen LogP contribution in [0.1, 0.15) is 24.0 Å². The highest BCUT2D eigenvalue weighted by molar-refractivity contribution is 7.99. The first-order valence-electron chi connectivity index (χ1n) is 11.0. The lowest BCUT2D eigenvalue weighted by atomic mass is 10.2. The van der Waals surface area contributed by atoms with E-state index in [0.717, 1.165) is 11.3 Å². The number of hydrogen-bond acceptors (Lipinski definition) is 7. The van der Waals surface area contributed by atoms with Gasteiger partial charge in [-0.3, -0.25) is 19.1 Å². The van der Waals surface area contributed by atoms with Crippen LogP contribution < -0.4 is 21.3 Å². The predicted molar refractivity (Wildman–Crippen MR) is 132 cm³/mol. The van der Waals surface area contributed by atoms with Gasteiger partial charge in [0, 0.05) is 30.4 Å². The van der Waals surface area contributed by atoms with Crippen molar-refractivity contribution in [3.8, 4) is 11.4 Å². The van der Waals surface area contributed by atoms with Crippen molar-refractivity contribution in [2.24, 2.45) is 0 Å². The monoisotopic (exact) mass is 510 g/mol.